The SMILES string of the molecule is CC1CC(C(=O)NCCCc2cn(CCCn3ccc4cc(NC(=O)COCCOCCN)ccc43)nn2)CC(O[C@@H]2O[C@H](CO)[C@H](O)[C@H](O[C@@H](CC3CCCCC3)C(=O)O)[C@H]2OC(=O)c2ccccc2)C1O[C@@H]1O[C@@H](C)[C@@H](O)[C@@H](O)[C@@H]1O. The summed E-state index contributed by atoms with van der Waals surface area (Å²) in [7, 11) is 0. The van der Waals surface area contributed by atoms with Crippen LogP contribution in [0.2, 0.25) is 0 Å². The van der Waals surface area contributed by atoms with Gasteiger partial charge in [-0.05, 0) is 93.7 Å². The second-order valence-corrected chi connectivity index (χ2v) is 22.2. The molecule has 4 aliphatic rings. The number of nitrogens with one attached hydrogen (secondary N) is 2. The van der Waals surface area contributed by atoms with Gasteiger partial charge in [0.05, 0.1) is 56.0 Å². The maximum atomic E-state index is 14.2. The minimum absolute atomic E-state index is 0.0277. The molecule has 2 amide bonds. The number of aromatic nitrogens is 4. The van der Waals surface area contributed by atoms with Crippen LogP contribution in [-0.2, 0) is 71.8 Å². The third-order valence-corrected chi connectivity index (χ3v) is 16.0. The van der Waals surface area contributed by atoms with Gasteiger partial charge in [0.2, 0.25) is 11.8 Å². The first-order valence-corrected chi connectivity index (χ1v) is 29.1. The van der Waals surface area contributed by atoms with E-state index in [9.17, 15) is 49.8 Å². The number of hydrogen-bond donors (Lipinski definition) is 9. The molecule has 2 saturated heterocycles. The highest BCUT2D eigenvalue weighted by Gasteiger charge is 2.54. The van der Waals surface area contributed by atoms with E-state index in [1.807, 2.05) is 36.7 Å². The Morgan fingerprint density at radius 2 is 1.61 bits per heavy atom. The van der Waals surface area contributed by atoms with Crippen molar-refractivity contribution in [3.8, 4) is 0 Å². The predicted molar refractivity (Wildman–Crippen MR) is 296 cm³/mol. The second kappa shape index (κ2) is 31.0. The molecular weight excluding hydrogens is 1080 g/mol. The van der Waals surface area contributed by atoms with E-state index in [2.05, 4.69) is 25.5 Å². The van der Waals surface area contributed by atoms with Gasteiger partial charge in [-0.1, -0.05) is 62.4 Å². The fourth-order valence-corrected chi connectivity index (χ4v) is 11.5. The lowest BCUT2D eigenvalue weighted by Crippen LogP contribution is -2.64. The van der Waals surface area contributed by atoms with E-state index in [4.69, 9.17) is 43.6 Å². The molecule has 4 fully saturated rings. The first-order valence-electron chi connectivity index (χ1n) is 29.1. The summed E-state index contributed by atoms with van der Waals surface area (Å²) in [6, 6.07) is 15.7. The van der Waals surface area contributed by atoms with Gasteiger partial charge in [-0.3, -0.25) is 14.3 Å². The van der Waals surface area contributed by atoms with E-state index in [0.717, 1.165) is 55.1 Å². The minimum atomic E-state index is -1.70. The number of aliphatic carboxylic acids is 1. The number of aliphatic hydroxyl groups excluding tert-OH is 5. The van der Waals surface area contributed by atoms with Crippen molar-refractivity contribution in [2.24, 2.45) is 23.5 Å². The zero-order valence-corrected chi connectivity index (χ0v) is 47.2. The summed E-state index contributed by atoms with van der Waals surface area (Å²) in [5.74, 6) is -3.91. The predicted octanol–water partition coefficient (Wildman–Crippen LogP) is 2.06. The molecule has 0 radical (unpaired) electrons. The van der Waals surface area contributed by atoms with Crippen LogP contribution < -0.4 is 16.4 Å². The van der Waals surface area contributed by atoms with Crippen LogP contribution in [0.4, 0.5) is 5.69 Å². The van der Waals surface area contributed by atoms with Gasteiger partial charge < -0.3 is 89.5 Å². The molecule has 2 aromatic carbocycles. The number of carboxylic acids is 1. The number of esters is 1. The van der Waals surface area contributed by atoms with E-state index < -0.39 is 110 Å². The van der Waals surface area contributed by atoms with Crippen LogP contribution in [0.5, 0.6) is 0 Å². The number of anilines is 1. The maximum Gasteiger partial charge on any atom is 0.338 e. The lowest BCUT2D eigenvalue weighted by Gasteiger charge is -2.48. The van der Waals surface area contributed by atoms with Crippen molar-refractivity contribution >= 4 is 40.3 Å². The van der Waals surface area contributed by atoms with E-state index in [1.54, 1.807) is 29.8 Å². The number of nitrogens with zero attached hydrogens (tertiary/aromatic N) is 4. The summed E-state index contributed by atoms with van der Waals surface area (Å²) in [6.07, 6.45) is -8.23. The third kappa shape index (κ3) is 17.3. The molecule has 4 unspecified atom stereocenters. The Hall–Kier alpha value is -5.52. The van der Waals surface area contributed by atoms with Crippen LogP contribution in [0, 0.1) is 17.8 Å². The van der Waals surface area contributed by atoms with E-state index >= 15 is 0 Å². The molecule has 8 rings (SSSR count). The molecule has 458 valence electrons. The summed E-state index contributed by atoms with van der Waals surface area (Å²) in [4.78, 5) is 53.3. The summed E-state index contributed by atoms with van der Waals surface area (Å²) in [5.41, 5.74) is 7.96. The van der Waals surface area contributed by atoms with Crippen molar-refractivity contribution in [2.45, 2.75) is 177 Å². The number of hydrogen-bond acceptors (Lipinski definition) is 20. The molecule has 4 aromatic rings. The average molecular weight is 1170 g/mol. The smallest absolute Gasteiger partial charge is 0.338 e. The number of carbonyl (C=O) groups excluding carboxylic acids is 3. The summed E-state index contributed by atoms with van der Waals surface area (Å²) in [5, 5.41) is 80.7. The Morgan fingerprint density at radius 3 is 2.37 bits per heavy atom. The molecule has 15 atom stereocenters. The molecule has 83 heavy (non-hydrogen) atoms. The van der Waals surface area contributed by atoms with Crippen molar-refractivity contribution in [3.05, 3.63) is 78.2 Å². The molecule has 25 heteroatoms. The number of benzene rings is 2. The van der Waals surface area contributed by atoms with E-state index in [-0.39, 0.29) is 55.7 Å². The van der Waals surface area contributed by atoms with Crippen molar-refractivity contribution in [1.82, 2.24) is 24.9 Å². The number of ether oxygens (including phenoxy) is 8. The molecule has 4 heterocycles. The highest BCUT2D eigenvalue weighted by molar-refractivity contribution is 5.94. The largest absolute Gasteiger partial charge is 0.479 e. The van der Waals surface area contributed by atoms with E-state index in [1.165, 1.54) is 19.1 Å². The molecule has 2 aliphatic carbocycles. The van der Waals surface area contributed by atoms with Gasteiger partial charge in [-0.25, -0.2) is 9.59 Å². The summed E-state index contributed by atoms with van der Waals surface area (Å²) < 4.78 is 52.1. The first kappa shape index (κ1) is 63.5. The fourth-order valence-electron chi connectivity index (χ4n) is 11.5. The Bertz CT molecular complexity index is 2670. The van der Waals surface area contributed by atoms with Crippen LogP contribution in [0.3, 0.4) is 0 Å². The zero-order chi connectivity index (χ0) is 59.0. The normalized spacial score (nSPS) is 29.1. The van der Waals surface area contributed by atoms with Crippen LogP contribution >= 0.6 is 0 Å². The van der Waals surface area contributed by atoms with Crippen LogP contribution in [0.15, 0.2) is 67.0 Å². The van der Waals surface area contributed by atoms with Gasteiger partial charge in [0.25, 0.3) is 0 Å². The number of aliphatic hydroxyl groups is 5. The summed E-state index contributed by atoms with van der Waals surface area (Å²) >= 11 is 0. The van der Waals surface area contributed by atoms with Crippen molar-refractivity contribution in [1.29, 1.82) is 0 Å². The highest BCUT2D eigenvalue weighted by Crippen LogP contribution is 2.39. The molecule has 2 aromatic heterocycles. The van der Waals surface area contributed by atoms with E-state index in [0.29, 0.717) is 58.0 Å². The molecule has 2 saturated carbocycles. The van der Waals surface area contributed by atoms with Gasteiger partial charge in [0.1, 0.15) is 43.2 Å². The summed E-state index contributed by atoms with van der Waals surface area (Å²) in [6.45, 7) is 5.59. The Balaban J connectivity index is 0.899. The fraction of sp³-hybridized carbons (Fsp3) is 0.655. The molecule has 10 N–H and O–H groups in total. The van der Waals surface area contributed by atoms with Gasteiger partial charge in [-0.2, -0.15) is 0 Å². The molecule has 2 aliphatic heterocycles. The molecule has 0 bridgehead atoms. The van der Waals surface area contributed by atoms with Gasteiger partial charge >= 0.3 is 11.9 Å². The number of amides is 2. The van der Waals surface area contributed by atoms with Crippen molar-refractivity contribution in [2.75, 3.05) is 51.4 Å². The number of carbonyl (C=O) groups is 4. The number of carboxylic acid groups (broad SMARTS) is 1. The lowest BCUT2D eigenvalue weighted by atomic mass is 9.77. The maximum absolute atomic E-state index is 14.2. The second-order valence-electron chi connectivity index (χ2n) is 22.2. The topological polar surface area (TPSA) is 349 Å². The molecular formula is C58H83N7O18. The molecule has 0 spiro atoms. The monoisotopic (exact) mass is 1170 g/mol. The number of aryl methyl sites for hydroxylation is 3. The highest BCUT2D eigenvalue weighted by atomic mass is 16.7. The van der Waals surface area contributed by atoms with Gasteiger partial charge in [-0.15, -0.1) is 5.10 Å². The first-order chi connectivity index (χ1) is 40.1. The van der Waals surface area contributed by atoms with Crippen molar-refractivity contribution < 1.29 is 87.7 Å². The van der Waals surface area contributed by atoms with Crippen LogP contribution in [0.1, 0.15) is 94.1 Å². The number of rotatable bonds is 29. The quantitative estimate of drug-likeness (QED) is 0.0277. The zero-order valence-electron chi connectivity index (χ0n) is 47.2. The third-order valence-electron chi connectivity index (χ3n) is 16.0. The van der Waals surface area contributed by atoms with Crippen LogP contribution in [0.25, 0.3) is 10.9 Å². The Labute approximate surface area is 482 Å². The molecule has 25 nitrogen and oxygen atoms in total. The number of fused-ring (bicyclic) bond motifs is 1. The average Bonchev–Trinajstić information content (AvgIpc) is 4.32. The standard InChI is InChI=1S/C58H83N7O18/c1-34-27-39(54(72)60-20-9-15-41-31-65(63-62-41)22-10-21-64-23-18-38-29-40(16-17-42(38)64)61-46(67)33-77-26-25-76-24-19-59)30-43(51(34)83-57-50(71)49(70)47(68)35(2)78-57)80-58-53(82-56(75)37-13-7-4-8-14-37)52(48(69)45(32-66)81-58)79-44(55(73)74)28-36-11-5-3-6-12-36/h4,7-8,13-14,16-18,23,29,31,34-36,39,43-45,47-53,57-58,66,68-71H,3,5-6,9-12,15,19-22,24-28,30,32-33,59H2,1-2H3,(H,60,72)(H,61,67)(H,73,74)/t34?,35-,39?,43?,44-,45+,47+,48-,49+,50-,51?,52-,53+,57-,58+/m0/s1. The number of nitrogens with two attached hydrogens (primary N) is 1. The van der Waals surface area contributed by atoms with Gasteiger partial charge in [0, 0.05) is 61.1 Å². The minimum Gasteiger partial charge on any atom is -0.479 e. The Morgan fingerprint density at radius 1 is 0.831 bits per heavy atom. The van der Waals surface area contributed by atoms with Crippen LogP contribution in [-0.4, -0.2) is 200 Å². The van der Waals surface area contributed by atoms with Gasteiger partial charge in [0.15, 0.2) is 24.8 Å². The Kier molecular flexibility index (Phi) is 23.7. The van der Waals surface area contributed by atoms with Crippen molar-refractivity contribution in [3.63, 3.8) is 0 Å². The lowest BCUT2D eigenvalue weighted by molar-refractivity contribution is -0.349.